The lowest BCUT2D eigenvalue weighted by molar-refractivity contribution is -0.116. The molecule has 6 nitrogen and oxygen atoms in total. The highest BCUT2D eigenvalue weighted by molar-refractivity contribution is 5.93. The Morgan fingerprint density at radius 3 is 2.59 bits per heavy atom. The monoisotopic (exact) mass is 363 g/mol. The zero-order chi connectivity index (χ0) is 19.4. The lowest BCUT2D eigenvalue weighted by Crippen LogP contribution is -2.37. The first kappa shape index (κ1) is 18.4. The summed E-state index contributed by atoms with van der Waals surface area (Å²) in [5, 5.41) is 7.82. The minimum Gasteiger partial charge on any atom is -0.436 e. The molecule has 0 bridgehead atoms. The van der Waals surface area contributed by atoms with Crippen LogP contribution in [0.15, 0.2) is 59.5 Å². The van der Waals surface area contributed by atoms with Crippen LogP contribution in [-0.2, 0) is 4.79 Å². The fraction of sp³-hybridized carbons (Fsp3) is 0.190. The summed E-state index contributed by atoms with van der Waals surface area (Å²) < 4.78 is 5.40. The lowest BCUT2D eigenvalue weighted by Gasteiger charge is -2.19. The highest BCUT2D eigenvalue weighted by Crippen LogP contribution is 2.21. The van der Waals surface area contributed by atoms with Crippen LogP contribution >= 0.6 is 0 Å². The van der Waals surface area contributed by atoms with E-state index in [0.29, 0.717) is 11.6 Å². The molecule has 1 heterocycles. The van der Waals surface area contributed by atoms with Crippen molar-refractivity contribution in [2.45, 2.75) is 19.9 Å². The van der Waals surface area contributed by atoms with Gasteiger partial charge in [0.25, 0.3) is 5.91 Å². The second-order valence-electron chi connectivity index (χ2n) is 6.23. The summed E-state index contributed by atoms with van der Waals surface area (Å²) in [5.41, 5.74) is 1.40. The van der Waals surface area contributed by atoms with Crippen molar-refractivity contribution in [2.24, 2.45) is 0 Å². The minimum absolute atomic E-state index is 0.174. The Kier molecular flexibility index (Phi) is 5.35. The van der Waals surface area contributed by atoms with Crippen molar-refractivity contribution in [3.8, 4) is 0 Å². The Bertz CT molecular complexity index is 1010. The van der Waals surface area contributed by atoms with Gasteiger partial charge in [-0.2, -0.15) is 0 Å². The molecule has 0 saturated heterocycles. The summed E-state index contributed by atoms with van der Waals surface area (Å²) in [6.45, 7) is 7.08. The maximum Gasteiger partial charge on any atom is 0.289 e. The van der Waals surface area contributed by atoms with Crippen molar-refractivity contribution in [2.75, 3.05) is 6.54 Å². The van der Waals surface area contributed by atoms with E-state index in [9.17, 15) is 9.59 Å². The molecule has 1 unspecified atom stereocenters. The molecule has 27 heavy (non-hydrogen) atoms. The number of carbonyl (C=O) groups is 2. The molecule has 138 valence electrons. The van der Waals surface area contributed by atoms with E-state index in [1.165, 1.54) is 6.08 Å². The average molecular weight is 363 g/mol. The number of benzene rings is 2. The van der Waals surface area contributed by atoms with E-state index in [0.717, 1.165) is 16.3 Å². The summed E-state index contributed by atoms with van der Waals surface area (Å²) >= 11 is 0. The van der Waals surface area contributed by atoms with Gasteiger partial charge in [0, 0.05) is 13.5 Å². The first-order valence-corrected chi connectivity index (χ1v) is 8.62. The van der Waals surface area contributed by atoms with Crippen LogP contribution < -0.4 is 10.6 Å². The van der Waals surface area contributed by atoms with Crippen molar-refractivity contribution < 1.29 is 14.0 Å². The van der Waals surface area contributed by atoms with Crippen LogP contribution in [0.25, 0.3) is 10.8 Å². The molecule has 6 heteroatoms. The smallest absolute Gasteiger partial charge is 0.289 e. The minimum atomic E-state index is -0.434. The number of hydrogen-bond donors (Lipinski definition) is 2. The molecule has 0 saturated carbocycles. The third-order valence-electron chi connectivity index (χ3n) is 4.26. The van der Waals surface area contributed by atoms with E-state index in [1.807, 2.05) is 42.5 Å². The Balaban J connectivity index is 1.89. The zero-order valence-electron chi connectivity index (χ0n) is 15.3. The maximum atomic E-state index is 12.7. The largest absolute Gasteiger partial charge is 0.436 e. The maximum absolute atomic E-state index is 12.7. The fourth-order valence-electron chi connectivity index (χ4n) is 2.92. The molecule has 1 aromatic heterocycles. The van der Waals surface area contributed by atoms with Gasteiger partial charge >= 0.3 is 0 Å². The first-order valence-electron chi connectivity index (χ1n) is 8.62. The van der Waals surface area contributed by atoms with Gasteiger partial charge in [0.2, 0.25) is 11.7 Å². The molecule has 0 radical (unpaired) electrons. The summed E-state index contributed by atoms with van der Waals surface area (Å²) in [6, 6.07) is 13.4. The van der Waals surface area contributed by atoms with E-state index < -0.39 is 6.04 Å². The third kappa shape index (κ3) is 4.23. The van der Waals surface area contributed by atoms with Gasteiger partial charge in [0.05, 0.1) is 11.7 Å². The van der Waals surface area contributed by atoms with Gasteiger partial charge in [-0.1, -0.05) is 43.0 Å². The summed E-state index contributed by atoms with van der Waals surface area (Å²) in [5.74, 6) is -0.0750. The molecule has 3 rings (SSSR count). The molecule has 2 N–H and O–H groups in total. The first-order chi connectivity index (χ1) is 13.0. The zero-order valence-corrected chi connectivity index (χ0v) is 15.3. The number of aromatic nitrogens is 1. The predicted molar refractivity (Wildman–Crippen MR) is 103 cm³/mol. The Morgan fingerprint density at radius 1 is 1.19 bits per heavy atom. The highest BCUT2D eigenvalue weighted by Gasteiger charge is 2.21. The Hall–Kier alpha value is -3.41. The highest BCUT2D eigenvalue weighted by atomic mass is 16.4. The van der Waals surface area contributed by atoms with Crippen molar-refractivity contribution in [1.82, 2.24) is 15.6 Å². The van der Waals surface area contributed by atoms with Crippen LogP contribution in [0, 0.1) is 13.8 Å². The molecule has 0 aliphatic heterocycles. The van der Waals surface area contributed by atoms with Crippen LogP contribution in [0.3, 0.4) is 0 Å². The van der Waals surface area contributed by atoms with Gasteiger partial charge in [-0.25, -0.2) is 4.98 Å². The molecule has 0 spiro atoms. The van der Waals surface area contributed by atoms with Crippen LogP contribution in [0.5, 0.6) is 0 Å². The molecular weight excluding hydrogens is 342 g/mol. The lowest BCUT2D eigenvalue weighted by atomic mass is 10.0. The van der Waals surface area contributed by atoms with Crippen LogP contribution in [0.1, 0.15) is 33.7 Å². The Morgan fingerprint density at radius 2 is 1.93 bits per heavy atom. The predicted octanol–water partition coefficient (Wildman–Crippen LogP) is 3.22. The second kappa shape index (κ2) is 7.86. The van der Waals surface area contributed by atoms with Crippen LogP contribution in [0.4, 0.5) is 0 Å². The number of aryl methyl sites for hydroxylation is 2. The van der Waals surface area contributed by atoms with Crippen molar-refractivity contribution in [3.63, 3.8) is 0 Å². The number of oxazole rings is 1. The van der Waals surface area contributed by atoms with Gasteiger partial charge in [-0.15, -0.1) is 0 Å². The molecule has 2 aromatic carbocycles. The normalized spacial score (nSPS) is 11.8. The van der Waals surface area contributed by atoms with Crippen LogP contribution in [0.2, 0.25) is 0 Å². The van der Waals surface area contributed by atoms with E-state index in [2.05, 4.69) is 22.2 Å². The van der Waals surface area contributed by atoms with Crippen molar-refractivity contribution in [3.05, 3.63) is 78.0 Å². The molecule has 1 atom stereocenters. The van der Waals surface area contributed by atoms with E-state index in [-0.39, 0.29) is 24.1 Å². The number of carbonyl (C=O) groups excluding carboxylic acids is 2. The molecule has 0 aliphatic rings. The summed E-state index contributed by atoms with van der Waals surface area (Å²) in [6.07, 6.45) is 1.20. The molecular formula is C21H21N3O3. The van der Waals surface area contributed by atoms with E-state index in [4.69, 9.17) is 4.42 Å². The number of nitrogens with one attached hydrogen (secondary N) is 2. The van der Waals surface area contributed by atoms with Gasteiger partial charge in [-0.05, 0) is 35.4 Å². The number of nitrogens with zero attached hydrogens (tertiary/aromatic N) is 1. The van der Waals surface area contributed by atoms with Crippen molar-refractivity contribution >= 4 is 22.6 Å². The number of fused-ring (bicyclic) bond motifs is 1. The third-order valence-corrected chi connectivity index (χ3v) is 4.26. The van der Waals surface area contributed by atoms with Crippen molar-refractivity contribution in [1.29, 1.82) is 0 Å². The topological polar surface area (TPSA) is 84.2 Å². The SMILES string of the molecule is C=CC(=O)NCC(NC(=O)c1oc(C)nc1C)c1ccc2ccccc2c1. The summed E-state index contributed by atoms with van der Waals surface area (Å²) in [7, 11) is 0. The van der Waals surface area contributed by atoms with Gasteiger partial charge in [-0.3, -0.25) is 9.59 Å². The average Bonchev–Trinajstić information content (AvgIpc) is 3.02. The van der Waals surface area contributed by atoms with E-state index in [1.54, 1.807) is 13.8 Å². The Labute approximate surface area is 157 Å². The quantitative estimate of drug-likeness (QED) is 0.659. The molecule has 2 amide bonds. The number of amides is 2. The van der Waals surface area contributed by atoms with E-state index >= 15 is 0 Å². The van der Waals surface area contributed by atoms with Gasteiger partial charge in [0.1, 0.15) is 0 Å². The van der Waals surface area contributed by atoms with Gasteiger partial charge in [0.15, 0.2) is 5.89 Å². The number of rotatable bonds is 6. The summed E-state index contributed by atoms with van der Waals surface area (Å²) in [4.78, 5) is 28.4. The van der Waals surface area contributed by atoms with Crippen LogP contribution in [-0.4, -0.2) is 23.3 Å². The molecule has 0 fully saturated rings. The number of hydrogen-bond acceptors (Lipinski definition) is 4. The second-order valence-corrected chi connectivity index (χ2v) is 6.23. The fourth-order valence-corrected chi connectivity index (χ4v) is 2.92. The molecule has 3 aromatic rings. The standard InChI is InChI=1S/C21H21N3O3/c1-4-19(25)22-12-18(24-21(26)20-13(2)23-14(3)27-20)17-10-9-15-7-5-6-8-16(15)11-17/h4-11,18H,1,12H2,2-3H3,(H,22,25)(H,24,26). The van der Waals surface area contributed by atoms with Gasteiger partial charge < -0.3 is 15.1 Å². The molecule has 0 aliphatic carbocycles.